The third-order valence-corrected chi connectivity index (χ3v) is 3.72. The van der Waals surface area contributed by atoms with Crippen LogP contribution >= 0.6 is 23.4 Å². The predicted molar refractivity (Wildman–Crippen MR) is 75.3 cm³/mol. The molecule has 0 saturated carbocycles. The average Bonchev–Trinajstić information content (AvgIpc) is 2.84. The molecule has 1 amide bonds. The third-order valence-electron chi connectivity index (χ3n) is 2.68. The van der Waals surface area contributed by atoms with Crippen molar-refractivity contribution < 1.29 is 4.79 Å². The van der Waals surface area contributed by atoms with Gasteiger partial charge in [-0.1, -0.05) is 35.5 Å². The van der Waals surface area contributed by atoms with Crippen LogP contribution in [-0.4, -0.2) is 22.5 Å². The van der Waals surface area contributed by atoms with Crippen LogP contribution in [0, 0.1) is 0 Å². The van der Waals surface area contributed by atoms with E-state index in [1.807, 2.05) is 35.7 Å². The van der Waals surface area contributed by atoms with Gasteiger partial charge in [0.25, 0.3) is 5.91 Å². The van der Waals surface area contributed by atoms with Crippen molar-refractivity contribution in [2.45, 2.75) is 0 Å². The van der Waals surface area contributed by atoms with E-state index in [1.165, 1.54) is 11.8 Å². The number of fused-ring (bicyclic) bond motifs is 1. The number of amides is 1. The first-order valence-electron chi connectivity index (χ1n) is 5.41. The number of rotatable bonds is 1. The molecule has 2 aliphatic rings. The Kier molecular flexibility index (Phi) is 2.97. The second-order valence-corrected chi connectivity index (χ2v) is 5.21. The number of thioether (sulfide) groups is 1. The maximum absolute atomic E-state index is 12.2. The summed E-state index contributed by atoms with van der Waals surface area (Å²) >= 11 is 7.30. The van der Waals surface area contributed by atoms with Crippen LogP contribution in [0.25, 0.3) is 6.08 Å². The summed E-state index contributed by atoms with van der Waals surface area (Å²) in [6, 6.07) is 7.38. The summed E-state index contributed by atoms with van der Waals surface area (Å²) in [5.41, 5.74) is 1.64. The number of hydrogen-bond acceptors (Lipinski definition) is 3. The van der Waals surface area contributed by atoms with Crippen LogP contribution in [0.1, 0.15) is 5.56 Å². The summed E-state index contributed by atoms with van der Waals surface area (Å²) in [6.45, 7) is 0.433. The van der Waals surface area contributed by atoms with E-state index in [0.29, 0.717) is 17.1 Å². The number of carbonyl (C=O) groups is 1. The molecule has 0 N–H and O–H groups in total. The maximum atomic E-state index is 12.2. The first kappa shape index (κ1) is 11.6. The molecule has 0 radical (unpaired) electrons. The normalized spacial score (nSPS) is 20.3. The second-order valence-electron chi connectivity index (χ2n) is 3.90. The molecule has 0 spiro atoms. The molecule has 3 nitrogen and oxygen atoms in total. The van der Waals surface area contributed by atoms with Gasteiger partial charge in [0.15, 0.2) is 5.17 Å². The minimum Gasteiger partial charge on any atom is -0.269 e. The number of amidine groups is 1. The van der Waals surface area contributed by atoms with Crippen LogP contribution in [0.15, 0.2) is 46.4 Å². The Bertz CT molecular complexity index is 590. The predicted octanol–water partition coefficient (Wildman–Crippen LogP) is 3.14. The molecule has 0 aliphatic carbocycles. The van der Waals surface area contributed by atoms with E-state index in [0.717, 1.165) is 10.7 Å². The molecule has 2 heterocycles. The van der Waals surface area contributed by atoms with E-state index in [9.17, 15) is 4.79 Å². The highest BCUT2D eigenvalue weighted by atomic mass is 35.5. The van der Waals surface area contributed by atoms with Crippen LogP contribution in [0.5, 0.6) is 0 Å². The van der Waals surface area contributed by atoms with Crippen LogP contribution in [0.2, 0.25) is 5.02 Å². The molecule has 1 aromatic carbocycles. The number of carbonyl (C=O) groups excluding carboxylic acids is 1. The van der Waals surface area contributed by atoms with E-state index >= 15 is 0 Å². The zero-order valence-electron chi connectivity index (χ0n) is 9.34. The fourth-order valence-electron chi connectivity index (χ4n) is 1.78. The second kappa shape index (κ2) is 4.63. The Balaban J connectivity index is 1.91. The molecular formula is C13H9ClN2OS. The van der Waals surface area contributed by atoms with Gasteiger partial charge in [-0.25, -0.2) is 0 Å². The lowest BCUT2D eigenvalue weighted by Gasteiger charge is -2.20. The highest BCUT2D eigenvalue weighted by Crippen LogP contribution is 2.26. The first-order valence-corrected chi connectivity index (χ1v) is 6.67. The SMILES string of the molecule is O=C1/C(=C\c2ccc(Cl)cc2)CN=C2SC=CN12. The Labute approximate surface area is 114 Å². The van der Waals surface area contributed by atoms with Crippen LogP contribution < -0.4 is 0 Å². The molecule has 1 aromatic rings. The van der Waals surface area contributed by atoms with E-state index in [2.05, 4.69) is 4.99 Å². The van der Waals surface area contributed by atoms with Crippen molar-refractivity contribution in [3.8, 4) is 0 Å². The minimum absolute atomic E-state index is 0.00352. The van der Waals surface area contributed by atoms with Gasteiger partial charge in [-0.2, -0.15) is 0 Å². The summed E-state index contributed by atoms with van der Waals surface area (Å²) in [7, 11) is 0. The molecule has 3 rings (SSSR count). The Hall–Kier alpha value is -1.52. The van der Waals surface area contributed by atoms with Gasteiger partial charge in [0.05, 0.1) is 6.54 Å². The molecule has 0 bridgehead atoms. The van der Waals surface area contributed by atoms with Crippen LogP contribution in [0.4, 0.5) is 0 Å². The lowest BCUT2D eigenvalue weighted by molar-refractivity contribution is -0.121. The van der Waals surface area contributed by atoms with E-state index in [-0.39, 0.29) is 5.91 Å². The number of nitrogens with zero attached hydrogens (tertiary/aromatic N) is 2. The van der Waals surface area contributed by atoms with E-state index in [1.54, 1.807) is 11.1 Å². The highest BCUT2D eigenvalue weighted by molar-refractivity contribution is 8.16. The third kappa shape index (κ3) is 2.09. The Morgan fingerprint density at radius 3 is 2.89 bits per heavy atom. The number of aliphatic imine (C=N–C) groups is 1. The molecule has 18 heavy (non-hydrogen) atoms. The lowest BCUT2D eigenvalue weighted by atomic mass is 10.1. The summed E-state index contributed by atoms with van der Waals surface area (Å²) < 4.78 is 0. The average molecular weight is 277 g/mol. The largest absolute Gasteiger partial charge is 0.269 e. The van der Waals surface area contributed by atoms with Crippen molar-refractivity contribution in [2.75, 3.05) is 6.54 Å². The summed E-state index contributed by atoms with van der Waals surface area (Å²) in [5, 5.41) is 3.31. The minimum atomic E-state index is -0.00352. The zero-order chi connectivity index (χ0) is 12.5. The van der Waals surface area contributed by atoms with Crippen molar-refractivity contribution in [2.24, 2.45) is 4.99 Å². The van der Waals surface area contributed by atoms with Crippen LogP contribution in [0.3, 0.4) is 0 Å². The molecule has 0 saturated heterocycles. The molecule has 90 valence electrons. The fourth-order valence-corrected chi connectivity index (χ4v) is 2.61. The highest BCUT2D eigenvalue weighted by Gasteiger charge is 2.28. The van der Waals surface area contributed by atoms with Gasteiger partial charge in [-0.05, 0) is 29.2 Å². The smallest absolute Gasteiger partial charge is 0.261 e. The topological polar surface area (TPSA) is 32.7 Å². The Morgan fingerprint density at radius 2 is 2.11 bits per heavy atom. The van der Waals surface area contributed by atoms with Gasteiger partial charge >= 0.3 is 0 Å². The van der Waals surface area contributed by atoms with Gasteiger partial charge in [-0.15, -0.1) is 0 Å². The van der Waals surface area contributed by atoms with Gasteiger partial charge in [0.2, 0.25) is 0 Å². The van der Waals surface area contributed by atoms with E-state index < -0.39 is 0 Å². The van der Waals surface area contributed by atoms with Gasteiger partial charge in [0, 0.05) is 16.8 Å². The first-order chi connectivity index (χ1) is 8.74. The van der Waals surface area contributed by atoms with Gasteiger partial charge in [-0.3, -0.25) is 14.7 Å². The monoisotopic (exact) mass is 276 g/mol. The molecule has 0 fully saturated rings. The lowest BCUT2D eigenvalue weighted by Crippen LogP contribution is -2.33. The number of hydrogen-bond donors (Lipinski definition) is 0. The summed E-state index contributed by atoms with van der Waals surface area (Å²) in [4.78, 5) is 18.1. The van der Waals surface area contributed by atoms with Crippen molar-refractivity contribution >= 4 is 40.5 Å². The standard InChI is InChI=1S/C13H9ClN2OS/c14-11-3-1-9(2-4-11)7-10-8-15-13-16(12(10)17)5-6-18-13/h1-7H,8H2/b10-7-. The summed E-state index contributed by atoms with van der Waals surface area (Å²) in [5.74, 6) is -0.00352. The number of benzene rings is 1. The van der Waals surface area contributed by atoms with Crippen molar-refractivity contribution in [3.63, 3.8) is 0 Å². The summed E-state index contributed by atoms with van der Waals surface area (Å²) in [6.07, 6.45) is 3.61. The van der Waals surface area contributed by atoms with Gasteiger partial charge < -0.3 is 0 Å². The maximum Gasteiger partial charge on any atom is 0.261 e. The van der Waals surface area contributed by atoms with Crippen molar-refractivity contribution in [3.05, 3.63) is 52.0 Å². The van der Waals surface area contributed by atoms with Crippen molar-refractivity contribution in [1.82, 2.24) is 4.90 Å². The molecule has 0 unspecified atom stereocenters. The zero-order valence-corrected chi connectivity index (χ0v) is 10.9. The number of halogens is 1. The molecule has 0 aromatic heterocycles. The molecular weight excluding hydrogens is 268 g/mol. The van der Waals surface area contributed by atoms with Crippen LogP contribution in [-0.2, 0) is 4.79 Å². The Morgan fingerprint density at radius 1 is 1.33 bits per heavy atom. The van der Waals surface area contributed by atoms with Gasteiger partial charge in [0.1, 0.15) is 0 Å². The van der Waals surface area contributed by atoms with E-state index in [4.69, 9.17) is 11.6 Å². The quantitative estimate of drug-likeness (QED) is 0.738. The van der Waals surface area contributed by atoms with Crippen molar-refractivity contribution in [1.29, 1.82) is 0 Å². The fraction of sp³-hybridized carbons (Fsp3) is 0.0769. The molecule has 2 aliphatic heterocycles. The molecule has 0 atom stereocenters. The molecule has 5 heteroatoms.